The van der Waals surface area contributed by atoms with Gasteiger partial charge in [-0.05, 0) is 19.1 Å². The van der Waals surface area contributed by atoms with Crippen LogP contribution in [-0.4, -0.2) is 73.2 Å². The van der Waals surface area contributed by atoms with E-state index in [1.807, 2.05) is 0 Å². The SMILES string of the molecule is COCCN1CCN(CC(=O)Nc2ccncc2)CC1C. The minimum absolute atomic E-state index is 0.0266. The van der Waals surface area contributed by atoms with Crippen molar-refractivity contribution in [1.29, 1.82) is 0 Å². The molecule has 1 atom stereocenters. The summed E-state index contributed by atoms with van der Waals surface area (Å²) in [4.78, 5) is 20.6. The summed E-state index contributed by atoms with van der Waals surface area (Å²) in [7, 11) is 1.73. The molecule has 0 aromatic carbocycles. The second-order valence-electron chi connectivity index (χ2n) is 5.40. The molecule has 0 spiro atoms. The Morgan fingerprint density at radius 1 is 1.43 bits per heavy atom. The summed E-state index contributed by atoms with van der Waals surface area (Å²) < 4.78 is 5.13. The second kappa shape index (κ2) is 8.07. The van der Waals surface area contributed by atoms with E-state index >= 15 is 0 Å². The molecule has 1 aromatic heterocycles. The van der Waals surface area contributed by atoms with Crippen LogP contribution >= 0.6 is 0 Å². The molecule has 0 aliphatic carbocycles. The lowest BCUT2D eigenvalue weighted by atomic mass is 10.2. The number of hydrogen-bond donors (Lipinski definition) is 1. The van der Waals surface area contributed by atoms with E-state index < -0.39 is 0 Å². The predicted molar refractivity (Wildman–Crippen MR) is 82.2 cm³/mol. The van der Waals surface area contributed by atoms with E-state index in [0.29, 0.717) is 12.6 Å². The lowest BCUT2D eigenvalue weighted by Crippen LogP contribution is -2.54. The Morgan fingerprint density at radius 2 is 2.19 bits per heavy atom. The van der Waals surface area contributed by atoms with Crippen LogP contribution in [0.5, 0.6) is 0 Å². The van der Waals surface area contributed by atoms with Crippen molar-refractivity contribution in [2.45, 2.75) is 13.0 Å². The number of amides is 1. The van der Waals surface area contributed by atoms with Crippen molar-refractivity contribution in [3.05, 3.63) is 24.5 Å². The Kier molecular flexibility index (Phi) is 6.10. The van der Waals surface area contributed by atoms with Crippen molar-refractivity contribution < 1.29 is 9.53 Å². The van der Waals surface area contributed by atoms with Gasteiger partial charge in [0, 0.05) is 57.4 Å². The molecule has 1 aliphatic heterocycles. The summed E-state index contributed by atoms with van der Waals surface area (Å²) in [5.41, 5.74) is 0.793. The van der Waals surface area contributed by atoms with Gasteiger partial charge in [0.25, 0.3) is 0 Å². The first-order chi connectivity index (χ1) is 10.2. The van der Waals surface area contributed by atoms with Crippen molar-refractivity contribution in [2.24, 2.45) is 0 Å². The van der Waals surface area contributed by atoms with E-state index in [0.717, 1.165) is 38.5 Å². The fourth-order valence-electron chi connectivity index (χ4n) is 2.59. The molecule has 6 heteroatoms. The molecule has 1 aromatic rings. The Balaban J connectivity index is 1.75. The lowest BCUT2D eigenvalue weighted by Gasteiger charge is -2.39. The van der Waals surface area contributed by atoms with Crippen molar-refractivity contribution in [1.82, 2.24) is 14.8 Å². The van der Waals surface area contributed by atoms with E-state index in [1.165, 1.54) is 0 Å². The smallest absolute Gasteiger partial charge is 0.238 e. The van der Waals surface area contributed by atoms with E-state index in [-0.39, 0.29) is 5.91 Å². The number of nitrogens with zero attached hydrogens (tertiary/aromatic N) is 3. The maximum atomic E-state index is 12.0. The first kappa shape index (κ1) is 15.9. The number of hydrogen-bond acceptors (Lipinski definition) is 5. The van der Waals surface area contributed by atoms with Gasteiger partial charge in [-0.15, -0.1) is 0 Å². The predicted octanol–water partition coefficient (Wildman–Crippen LogP) is 0.673. The number of carbonyl (C=O) groups is 1. The molecular weight excluding hydrogens is 268 g/mol. The fraction of sp³-hybridized carbons (Fsp3) is 0.600. The van der Waals surface area contributed by atoms with Crippen LogP contribution in [0.1, 0.15) is 6.92 Å². The molecule has 1 aliphatic rings. The summed E-state index contributed by atoms with van der Waals surface area (Å²) in [5, 5.41) is 2.90. The van der Waals surface area contributed by atoms with Gasteiger partial charge in [-0.25, -0.2) is 0 Å². The van der Waals surface area contributed by atoms with Crippen LogP contribution in [0, 0.1) is 0 Å². The minimum Gasteiger partial charge on any atom is -0.383 e. The maximum absolute atomic E-state index is 12.0. The van der Waals surface area contributed by atoms with Crippen molar-refractivity contribution >= 4 is 11.6 Å². The molecule has 0 bridgehead atoms. The van der Waals surface area contributed by atoms with Gasteiger partial charge in [0.1, 0.15) is 0 Å². The number of piperazine rings is 1. The Hall–Kier alpha value is -1.50. The molecule has 2 heterocycles. The van der Waals surface area contributed by atoms with E-state index in [9.17, 15) is 4.79 Å². The topological polar surface area (TPSA) is 57.7 Å². The highest BCUT2D eigenvalue weighted by Gasteiger charge is 2.24. The van der Waals surface area contributed by atoms with E-state index in [4.69, 9.17) is 4.74 Å². The van der Waals surface area contributed by atoms with Crippen LogP contribution in [-0.2, 0) is 9.53 Å². The first-order valence-corrected chi connectivity index (χ1v) is 7.34. The molecule has 1 N–H and O–H groups in total. The molecule has 1 unspecified atom stereocenters. The third-order valence-electron chi connectivity index (χ3n) is 3.76. The number of methoxy groups -OCH3 is 1. The summed E-state index contributed by atoms with van der Waals surface area (Å²) >= 11 is 0. The van der Waals surface area contributed by atoms with Crippen LogP contribution in [0.15, 0.2) is 24.5 Å². The quantitative estimate of drug-likeness (QED) is 0.835. The van der Waals surface area contributed by atoms with Crippen LogP contribution in [0.2, 0.25) is 0 Å². The third-order valence-corrected chi connectivity index (χ3v) is 3.76. The molecule has 6 nitrogen and oxygen atoms in total. The first-order valence-electron chi connectivity index (χ1n) is 7.34. The summed E-state index contributed by atoms with van der Waals surface area (Å²) in [6.07, 6.45) is 3.35. The largest absolute Gasteiger partial charge is 0.383 e. The highest BCUT2D eigenvalue weighted by molar-refractivity contribution is 5.92. The monoisotopic (exact) mass is 292 g/mol. The Morgan fingerprint density at radius 3 is 2.86 bits per heavy atom. The standard InChI is InChI=1S/C15H24N4O2/c1-13-11-18(7-8-19(13)9-10-21-2)12-15(20)17-14-3-5-16-6-4-14/h3-6,13H,7-12H2,1-2H3,(H,16,17,20). The summed E-state index contributed by atoms with van der Waals surface area (Å²) in [6, 6.07) is 4.04. The summed E-state index contributed by atoms with van der Waals surface area (Å²) in [6.45, 7) is 7.15. The minimum atomic E-state index is 0.0266. The van der Waals surface area contributed by atoms with Gasteiger partial charge in [-0.3, -0.25) is 19.6 Å². The van der Waals surface area contributed by atoms with Gasteiger partial charge < -0.3 is 10.1 Å². The molecule has 1 saturated heterocycles. The Labute approximate surface area is 126 Å². The van der Waals surface area contributed by atoms with Gasteiger partial charge in [-0.1, -0.05) is 0 Å². The van der Waals surface area contributed by atoms with E-state index in [2.05, 4.69) is 27.0 Å². The fourth-order valence-corrected chi connectivity index (χ4v) is 2.59. The molecule has 2 rings (SSSR count). The number of nitrogens with one attached hydrogen (secondary N) is 1. The molecule has 116 valence electrons. The number of ether oxygens (including phenoxy) is 1. The Bertz CT molecular complexity index is 441. The van der Waals surface area contributed by atoms with Crippen LogP contribution < -0.4 is 5.32 Å². The van der Waals surface area contributed by atoms with Gasteiger partial charge in [0.2, 0.25) is 5.91 Å². The normalized spacial score (nSPS) is 20.4. The van der Waals surface area contributed by atoms with Crippen molar-refractivity contribution in [3.8, 4) is 0 Å². The van der Waals surface area contributed by atoms with Crippen LogP contribution in [0.25, 0.3) is 0 Å². The molecule has 0 saturated carbocycles. The van der Waals surface area contributed by atoms with E-state index in [1.54, 1.807) is 31.6 Å². The molecule has 21 heavy (non-hydrogen) atoms. The number of carbonyl (C=O) groups excluding carboxylic acids is 1. The zero-order chi connectivity index (χ0) is 15.1. The number of pyridine rings is 1. The maximum Gasteiger partial charge on any atom is 0.238 e. The highest BCUT2D eigenvalue weighted by Crippen LogP contribution is 2.09. The average Bonchev–Trinajstić information content (AvgIpc) is 2.47. The molecular formula is C15H24N4O2. The van der Waals surface area contributed by atoms with Crippen molar-refractivity contribution in [3.63, 3.8) is 0 Å². The zero-order valence-corrected chi connectivity index (χ0v) is 12.8. The molecule has 1 fully saturated rings. The van der Waals surface area contributed by atoms with Gasteiger partial charge in [0.15, 0.2) is 0 Å². The van der Waals surface area contributed by atoms with Gasteiger partial charge >= 0.3 is 0 Å². The number of aromatic nitrogens is 1. The second-order valence-corrected chi connectivity index (χ2v) is 5.40. The average molecular weight is 292 g/mol. The van der Waals surface area contributed by atoms with Crippen LogP contribution in [0.4, 0.5) is 5.69 Å². The lowest BCUT2D eigenvalue weighted by molar-refractivity contribution is -0.118. The number of anilines is 1. The molecule has 1 amide bonds. The molecule has 0 radical (unpaired) electrons. The summed E-state index contributed by atoms with van der Waals surface area (Å²) in [5.74, 6) is 0.0266. The van der Waals surface area contributed by atoms with Crippen LogP contribution in [0.3, 0.4) is 0 Å². The van der Waals surface area contributed by atoms with Gasteiger partial charge in [-0.2, -0.15) is 0 Å². The van der Waals surface area contributed by atoms with Gasteiger partial charge in [0.05, 0.1) is 13.2 Å². The zero-order valence-electron chi connectivity index (χ0n) is 12.8. The number of rotatable bonds is 6. The highest BCUT2D eigenvalue weighted by atomic mass is 16.5. The third kappa shape index (κ3) is 5.08. The van der Waals surface area contributed by atoms with Crippen molar-refractivity contribution in [2.75, 3.05) is 51.8 Å².